The lowest BCUT2D eigenvalue weighted by atomic mass is 10.1. The monoisotopic (exact) mass is 334 g/mol. The van der Waals surface area contributed by atoms with Gasteiger partial charge in [0, 0.05) is 6.20 Å². The van der Waals surface area contributed by atoms with Crippen LogP contribution in [-0.4, -0.2) is 24.9 Å². The topological polar surface area (TPSA) is 55.1 Å². The van der Waals surface area contributed by atoms with Gasteiger partial charge < -0.3 is 9.47 Å². The van der Waals surface area contributed by atoms with E-state index in [1.165, 1.54) is 25.3 Å². The van der Waals surface area contributed by atoms with E-state index >= 15 is 0 Å². The van der Waals surface area contributed by atoms with Gasteiger partial charge in [0.15, 0.2) is 18.1 Å². The molecule has 124 valence electrons. The van der Waals surface area contributed by atoms with Gasteiger partial charge in [0.1, 0.15) is 6.07 Å². The van der Waals surface area contributed by atoms with Crippen LogP contribution < -0.4 is 9.47 Å². The molecule has 0 fully saturated rings. The van der Waals surface area contributed by atoms with E-state index in [4.69, 9.17) is 9.47 Å². The van der Waals surface area contributed by atoms with Crippen LogP contribution in [0.15, 0.2) is 42.6 Å². The van der Waals surface area contributed by atoms with Crippen LogP contribution in [0.4, 0.5) is 13.2 Å². The number of ether oxygens (including phenoxy) is 2. The molecule has 0 atom stereocenters. The van der Waals surface area contributed by atoms with Crippen LogP contribution in [-0.2, 0) is 0 Å². The second-order valence-corrected chi connectivity index (χ2v) is 4.70. The van der Waals surface area contributed by atoms with Crippen LogP contribution in [0.1, 0.15) is 11.3 Å². The third kappa shape index (κ3) is 4.74. The fraction of sp³-hybridized carbons (Fsp3) is 0.176. The average Bonchev–Trinajstić information content (AvgIpc) is 2.58. The van der Waals surface area contributed by atoms with Crippen LogP contribution in [0.3, 0.4) is 0 Å². The Hall–Kier alpha value is -3.01. The van der Waals surface area contributed by atoms with Crippen LogP contribution in [0.25, 0.3) is 11.6 Å². The lowest BCUT2D eigenvalue weighted by Crippen LogP contribution is -2.19. The highest BCUT2D eigenvalue weighted by atomic mass is 19.4. The number of hydrogen-bond acceptors (Lipinski definition) is 4. The maximum Gasteiger partial charge on any atom is 0.422 e. The number of nitrogens with zero attached hydrogens (tertiary/aromatic N) is 2. The predicted octanol–water partition coefficient (Wildman–Crippen LogP) is 4.10. The minimum atomic E-state index is -4.43. The number of rotatable bonds is 5. The lowest BCUT2D eigenvalue weighted by Gasteiger charge is -2.13. The van der Waals surface area contributed by atoms with Crippen LogP contribution in [0, 0.1) is 11.3 Å². The van der Waals surface area contributed by atoms with Gasteiger partial charge in [-0.1, -0.05) is 12.1 Å². The molecule has 0 saturated heterocycles. The molecule has 0 bridgehead atoms. The summed E-state index contributed by atoms with van der Waals surface area (Å²) in [6.45, 7) is -1.41. The molecule has 0 aliphatic rings. The zero-order chi connectivity index (χ0) is 17.6. The Labute approximate surface area is 136 Å². The zero-order valence-electron chi connectivity index (χ0n) is 12.7. The molecule has 0 aliphatic carbocycles. The first kappa shape index (κ1) is 17.3. The summed E-state index contributed by atoms with van der Waals surface area (Å²) in [5.74, 6) is 0.120. The molecule has 7 heteroatoms. The molecule has 1 aromatic heterocycles. The second-order valence-electron chi connectivity index (χ2n) is 4.70. The van der Waals surface area contributed by atoms with Gasteiger partial charge in [0.25, 0.3) is 0 Å². The van der Waals surface area contributed by atoms with Crippen molar-refractivity contribution in [1.82, 2.24) is 4.98 Å². The summed E-state index contributed by atoms with van der Waals surface area (Å²) in [6, 6.07) is 11.6. The predicted molar refractivity (Wildman–Crippen MR) is 82.3 cm³/mol. The van der Waals surface area contributed by atoms with Crippen LogP contribution in [0.5, 0.6) is 11.5 Å². The highest BCUT2D eigenvalue weighted by Gasteiger charge is 2.29. The highest BCUT2D eigenvalue weighted by Crippen LogP contribution is 2.31. The third-order valence-electron chi connectivity index (χ3n) is 2.95. The molecule has 0 saturated carbocycles. The van der Waals surface area contributed by atoms with Gasteiger partial charge in [0.05, 0.1) is 18.4 Å². The van der Waals surface area contributed by atoms with Gasteiger partial charge in [-0.3, -0.25) is 4.98 Å². The van der Waals surface area contributed by atoms with E-state index in [0.717, 1.165) is 0 Å². The summed E-state index contributed by atoms with van der Waals surface area (Å²) in [6.07, 6.45) is -1.30. The molecule has 0 N–H and O–H groups in total. The summed E-state index contributed by atoms with van der Waals surface area (Å²) >= 11 is 0. The molecule has 0 amide bonds. The van der Waals surface area contributed by atoms with Gasteiger partial charge in [-0.2, -0.15) is 18.4 Å². The quantitative estimate of drug-likeness (QED) is 0.773. The van der Waals surface area contributed by atoms with Gasteiger partial charge in [-0.15, -0.1) is 0 Å². The van der Waals surface area contributed by atoms with E-state index in [9.17, 15) is 18.4 Å². The summed E-state index contributed by atoms with van der Waals surface area (Å²) in [5.41, 5.74) is 1.39. The minimum absolute atomic E-state index is 0.0247. The van der Waals surface area contributed by atoms with Crippen molar-refractivity contribution in [2.75, 3.05) is 13.7 Å². The summed E-state index contributed by atoms with van der Waals surface area (Å²) < 4.78 is 46.5. The summed E-state index contributed by atoms with van der Waals surface area (Å²) in [5, 5.41) is 9.26. The molecule has 1 heterocycles. The van der Waals surface area contributed by atoms with Crippen molar-refractivity contribution >= 4 is 11.6 Å². The van der Waals surface area contributed by atoms with E-state index in [1.54, 1.807) is 30.5 Å². The Bertz CT molecular complexity index is 766. The normalized spacial score (nSPS) is 11.7. The average molecular weight is 334 g/mol. The lowest BCUT2D eigenvalue weighted by molar-refractivity contribution is -0.153. The Balaban J connectivity index is 2.29. The largest absolute Gasteiger partial charge is 0.493 e. The van der Waals surface area contributed by atoms with E-state index in [1.807, 2.05) is 6.07 Å². The van der Waals surface area contributed by atoms with Gasteiger partial charge in [-0.25, -0.2) is 0 Å². The molecule has 0 unspecified atom stereocenters. The maximum absolute atomic E-state index is 12.2. The molecule has 2 rings (SSSR count). The number of halogens is 3. The molecular formula is C17H13F3N2O2. The maximum atomic E-state index is 12.2. The number of nitriles is 1. The Morgan fingerprint density at radius 3 is 2.62 bits per heavy atom. The molecule has 0 spiro atoms. The first-order valence-electron chi connectivity index (χ1n) is 6.84. The first-order chi connectivity index (χ1) is 11.4. The molecule has 24 heavy (non-hydrogen) atoms. The van der Waals surface area contributed by atoms with Crippen molar-refractivity contribution in [3.05, 3.63) is 53.9 Å². The van der Waals surface area contributed by atoms with Gasteiger partial charge in [-0.05, 0) is 35.9 Å². The Kier molecular flexibility index (Phi) is 5.42. The van der Waals surface area contributed by atoms with Gasteiger partial charge >= 0.3 is 6.18 Å². The first-order valence-corrected chi connectivity index (χ1v) is 6.84. The molecule has 4 nitrogen and oxygen atoms in total. The standard InChI is InChI=1S/C17H13F3N2O2/c1-23-16-9-12(5-6-15(16)24-11-17(18,19)20)8-13(10-21)14-4-2-3-7-22-14/h2-9H,11H2,1H3. The number of benzene rings is 1. The van der Waals surface area contributed by atoms with E-state index in [2.05, 4.69) is 4.98 Å². The van der Waals surface area contributed by atoms with E-state index in [0.29, 0.717) is 16.8 Å². The Morgan fingerprint density at radius 2 is 2.04 bits per heavy atom. The van der Waals surface area contributed by atoms with Crippen molar-refractivity contribution in [3.8, 4) is 17.6 Å². The second kappa shape index (κ2) is 7.51. The Morgan fingerprint density at radius 1 is 1.25 bits per heavy atom. The van der Waals surface area contributed by atoms with Crippen LogP contribution >= 0.6 is 0 Å². The summed E-state index contributed by atoms with van der Waals surface area (Å²) in [4.78, 5) is 4.09. The number of pyridine rings is 1. The summed E-state index contributed by atoms with van der Waals surface area (Å²) in [7, 11) is 1.33. The van der Waals surface area contributed by atoms with Crippen LogP contribution in [0.2, 0.25) is 0 Å². The van der Waals surface area contributed by atoms with Crippen molar-refractivity contribution in [2.45, 2.75) is 6.18 Å². The number of methoxy groups -OCH3 is 1. The molecule has 2 aromatic rings. The molecule has 1 aromatic carbocycles. The number of allylic oxidation sites excluding steroid dienone is 1. The van der Waals surface area contributed by atoms with E-state index < -0.39 is 12.8 Å². The molecule has 0 radical (unpaired) electrons. The van der Waals surface area contributed by atoms with Crippen molar-refractivity contribution in [3.63, 3.8) is 0 Å². The number of alkyl halides is 3. The molecule has 0 aliphatic heterocycles. The zero-order valence-corrected chi connectivity index (χ0v) is 12.7. The van der Waals surface area contributed by atoms with Gasteiger partial charge in [0.2, 0.25) is 0 Å². The fourth-order valence-corrected chi connectivity index (χ4v) is 1.91. The molecular weight excluding hydrogens is 321 g/mol. The minimum Gasteiger partial charge on any atom is -0.493 e. The van der Waals surface area contributed by atoms with E-state index in [-0.39, 0.29) is 11.5 Å². The SMILES string of the molecule is COc1cc(C=C(C#N)c2ccccn2)ccc1OCC(F)(F)F. The smallest absolute Gasteiger partial charge is 0.422 e. The van der Waals surface area contributed by atoms with Crippen molar-refractivity contribution in [2.24, 2.45) is 0 Å². The van der Waals surface area contributed by atoms with Crippen molar-refractivity contribution in [1.29, 1.82) is 5.26 Å². The highest BCUT2D eigenvalue weighted by molar-refractivity contribution is 5.88. The fourth-order valence-electron chi connectivity index (χ4n) is 1.91. The number of aromatic nitrogens is 1. The third-order valence-corrected chi connectivity index (χ3v) is 2.95. The van der Waals surface area contributed by atoms with Crippen molar-refractivity contribution < 1.29 is 22.6 Å². The number of hydrogen-bond donors (Lipinski definition) is 0.